The first kappa shape index (κ1) is 10.3. The lowest BCUT2D eigenvalue weighted by Gasteiger charge is -2.16. The molecule has 0 unspecified atom stereocenters. The van der Waals surface area contributed by atoms with Crippen LogP contribution in [0, 0.1) is 3.57 Å². The molecule has 0 atom stereocenters. The lowest BCUT2D eigenvalue weighted by molar-refractivity contribution is -0.135. The Morgan fingerprint density at radius 1 is 1.62 bits per heavy atom. The maximum absolute atomic E-state index is 10.4. The van der Waals surface area contributed by atoms with Crippen molar-refractivity contribution in [1.29, 1.82) is 0 Å². The molecule has 0 aliphatic heterocycles. The van der Waals surface area contributed by atoms with Gasteiger partial charge in [0, 0.05) is 16.3 Å². The van der Waals surface area contributed by atoms with E-state index in [9.17, 15) is 4.79 Å². The van der Waals surface area contributed by atoms with Crippen LogP contribution in [-0.2, 0) is 4.79 Å². The highest BCUT2D eigenvalue weighted by molar-refractivity contribution is 14.1. The fourth-order valence-corrected chi connectivity index (χ4v) is 1.53. The number of nitrogens with zero attached hydrogens (tertiary/aromatic N) is 1. The van der Waals surface area contributed by atoms with Gasteiger partial charge in [0.15, 0.2) is 0 Å². The Kier molecular flexibility index (Phi) is 3.53. The van der Waals surface area contributed by atoms with Crippen molar-refractivity contribution in [2.75, 3.05) is 18.5 Å². The lowest BCUT2D eigenvalue weighted by atomic mass is 10.3. The molecule has 0 fully saturated rings. The molecular formula is C9H10INO2. The van der Waals surface area contributed by atoms with Crippen molar-refractivity contribution in [2.45, 2.75) is 0 Å². The van der Waals surface area contributed by atoms with E-state index in [1.54, 1.807) is 11.9 Å². The van der Waals surface area contributed by atoms with Crippen LogP contribution in [0.1, 0.15) is 0 Å². The molecule has 0 heterocycles. The molecule has 0 saturated carbocycles. The van der Waals surface area contributed by atoms with Crippen LogP contribution in [-0.4, -0.2) is 24.7 Å². The summed E-state index contributed by atoms with van der Waals surface area (Å²) in [4.78, 5) is 12.1. The second-order valence-corrected chi connectivity index (χ2v) is 3.98. The van der Waals surface area contributed by atoms with Crippen molar-refractivity contribution in [3.8, 4) is 0 Å². The van der Waals surface area contributed by atoms with Crippen molar-refractivity contribution >= 4 is 34.2 Å². The summed E-state index contributed by atoms with van der Waals surface area (Å²) in [5.41, 5.74) is 0.925. The molecule has 1 rings (SSSR count). The summed E-state index contributed by atoms with van der Waals surface area (Å²) in [5, 5.41) is 8.57. The Morgan fingerprint density at radius 2 is 2.31 bits per heavy atom. The minimum absolute atomic E-state index is 0.0279. The average molecular weight is 291 g/mol. The second-order valence-electron chi connectivity index (χ2n) is 2.73. The minimum Gasteiger partial charge on any atom is -0.480 e. The normalized spacial score (nSPS) is 9.69. The summed E-state index contributed by atoms with van der Waals surface area (Å²) < 4.78 is 1.10. The van der Waals surface area contributed by atoms with Crippen molar-refractivity contribution in [3.63, 3.8) is 0 Å². The summed E-state index contributed by atoms with van der Waals surface area (Å²) in [6.07, 6.45) is 0. The summed E-state index contributed by atoms with van der Waals surface area (Å²) in [7, 11) is 1.76. The summed E-state index contributed by atoms with van der Waals surface area (Å²) in [6, 6.07) is 7.72. The molecule has 0 aliphatic carbocycles. The zero-order chi connectivity index (χ0) is 9.84. The van der Waals surface area contributed by atoms with E-state index in [2.05, 4.69) is 22.6 Å². The lowest BCUT2D eigenvalue weighted by Crippen LogP contribution is -2.24. The number of hydrogen-bond donors (Lipinski definition) is 1. The molecule has 1 N–H and O–H groups in total. The molecule has 1 aromatic rings. The van der Waals surface area contributed by atoms with Crippen LogP contribution in [0.5, 0.6) is 0 Å². The van der Waals surface area contributed by atoms with Crippen LogP contribution in [0.4, 0.5) is 5.69 Å². The molecule has 0 spiro atoms. The first-order chi connectivity index (χ1) is 6.09. The highest BCUT2D eigenvalue weighted by Crippen LogP contribution is 2.15. The standard InChI is InChI=1S/C9H10INO2/c1-11(6-9(12)13)8-4-2-3-7(10)5-8/h2-5H,6H2,1H3,(H,12,13). The Bertz CT molecular complexity index is 314. The van der Waals surface area contributed by atoms with E-state index < -0.39 is 5.97 Å². The number of hydrogen-bond acceptors (Lipinski definition) is 2. The topological polar surface area (TPSA) is 40.5 Å². The number of likely N-dealkylation sites (N-methyl/N-ethyl adjacent to an activating group) is 1. The first-order valence-corrected chi connectivity index (χ1v) is 4.86. The second kappa shape index (κ2) is 4.45. The third kappa shape index (κ3) is 3.22. The Labute approximate surface area is 90.5 Å². The summed E-state index contributed by atoms with van der Waals surface area (Å²) in [6.45, 7) is 0.0279. The van der Waals surface area contributed by atoms with Gasteiger partial charge in [0.1, 0.15) is 6.54 Å². The number of carboxylic acids is 1. The number of carboxylic acid groups (broad SMARTS) is 1. The van der Waals surface area contributed by atoms with Gasteiger partial charge < -0.3 is 10.0 Å². The predicted molar refractivity (Wildman–Crippen MR) is 60.1 cm³/mol. The van der Waals surface area contributed by atoms with Crippen LogP contribution >= 0.6 is 22.6 Å². The van der Waals surface area contributed by atoms with E-state index in [-0.39, 0.29) is 6.54 Å². The van der Waals surface area contributed by atoms with Gasteiger partial charge in [-0.25, -0.2) is 0 Å². The number of carbonyl (C=O) groups is 1. The van der Waals surface area contributed by atoms with Gasteiger partial charge in [-0.05, 0) is 40.8 Å². The first-order valence-electron chi connectivity index (χ1n) is 3.78. The largest absolute Gasteiger partial charge is 0.480 e. The van der Waals surface area contributed by atoms with E-state index >= 15 is 0 Å². The molecule has 0 aromatic heterocycles. The molecule has 0 amide bonds. The molecule has 0 bridgehead atoms. The molecular weight excluding hydrogens is 281 g/mol. The number of aliphatic carboxylic acids is 1. The number of rotatable bonds is 3. The van der Waals surface area contributed by atoms with E-state index in [0.29, 0.717) is 0 Å². The van der Waals surface area contributed by atoms with Crippen LogP contribution in [0.15, 0.2) is 24.3 Å². The van der Waals surface area contributed by atoms with Gasteiger partial charge in [0.25, 0.3) is 0 Å². The van der Waals surface area contributed by atoms with E-state index in [4.69, 9.17) is 5.11 Å². The average Bonchev–Trinajstić information content (AvgIpc) is 2.03. The molecule has 13 heavy (non-hydrogen) atoms. The fourth-order valence-electron chi connectivity index (χ4n) is 1.01. The quantitative estimate of drug-likeness (QED) is 0.864. The van der Waals surface area contributed by atoms with Gasteiger partial charge in [0.05, 0.1) is 0 Å². The van der Waals surface area contributed by atoms with Crippen LogP contribution in [0.3, 0.4) is 0 Å². The summed E-state index contributed by atoms with van der Waals surface area (Å²) in [5.74, 6) is -0.818. The number of anilines is 1. The van der Waals surface area contributed by atoms with E-state index in [0.717, 1.165) is 9.26 Å². The fraction of sp³-hybridized carbons (Fsp3) is 0.222. The highest BCUT2D eigenvalue weighted by atomic mass is 127. The van der Waals surface area contributed by atoms with Gasteiger partial charge in [-0.1, -0.05) is 6.07 Å². The van der Waals surface area contributed by atoms with Gasteiger partial charge in [0.2, 0.25) is 0 Å². The maximum atomic E-state index is 10.4. The van der Waals surface area contributed by atoms with Gasteiger partial charge >= 0.3 is 5.97 Å². The Morgan fingerprint density at radius 3 is 2.85 bits per heavy atom. The van der Waals surface area contributed by atoms with E-state index in [1.807, 2.05) is 24.3 Å². The predicted octanol–water partition coefficient (Wildman–Crippen LogP) is 1.81. The van der Waals surface area contributed by atoms with Gasteiger partial charge in [-0.3, -0.25) is 4.79 Å². The smallest absolute Gasteiger partial charge is 0.323 e. The molecule has 4 heteroatoms. The third-order valence-electron chi connectivity index (χ3n) is 1.62. The molecule has 0 aliphatic rings. The molecule has 1 aromatic carbocycles. The van der Waals surface area contributed by atoms with Gasteiger partial charge in [-0.15, -0.1) is 0 Å². The van der Waals surface area contributed by atoms with E-state index in [1.165, 1.54) is 0 Å². The molecule has 3 nitrogen and oxygen atoms in total. The van der Waals surface area contributed by atoms with Gasteiger partial charge in [-0.2, -0.15) is 0 Å². The number of benzene rings is 1. The minimum atomic E-state index is -0.818. The van der Waals surface area contributed by atoms with Crippen molar-refractivity contribution in [3.05, 3.63) is 27.8 Å². The highest BCUT2D eigenvalue weighted by Gasteiger charge is 2.04. The molecule has 0 radical (unpaired) electrons. The molecule has 70 valence electrons. The van der Waals surface area contributed by atoms with Crippen LogP contribution < -0.4 is 4.90 Å². The van der Waals surface area contributed by atoms with Crippen LogP contribution in [0.25, 0.3) is 0 Å². The SMILES string of the molecule is CN(CC(=O)O)c1cccc(I)c1. The van der Waals surface area contributed by atoms with Crippen molar-refractivity contribution < 1.29 is 9.90 Å². The van der Waals surface area contributed by atoms with Crippen molar-refractivity contribution in [2.24, 2.45) is 0 Å². The maximum Gasteiger partial charge on any atom is 0.323 e. The van der Waals surface area contributed by atoms with Crippen molar-refractivity contribution in [1.82, 2.24) is 0 Å². The monoisotopic (exact) mass is 291 g/mol. The van der Waals surface area contributed by atoms with Crippen LogP contribution in [0.2, 0.25) is 0 Å². The Hall–Kier alpha value is -0.780. The summed E-state index contributed by atoms with van der Waals surface area (Å²) >= 11 is 2.20. The zero-order valence-corrected chi connectivity index (χ0v) is 9.35. The Balaban J connectivity index is 2.76. The molecule has 0 saturated heterocycles. The number of halogens is 1. The zero-order valence-electron chi connectivity index (χ0n) is 7.20. The third-order valence-corrected chi connectivity index (χ3v) is 2.29.